The monoisotopic (exact) mass is 317 g/mol. The van der Waals surface area contributed by atoms with Gasteiger partial charge in [0.2, 0.25) is 0 Å². The SMILES string of the molecule is NCCCC(NC1CNCC2(CCOCC2)C1)c1ccccc1. The van der Waals surface area contributed by atoms with Gasteiger partial charge in [0.25, 0.3) is 0 Å². The molecule has 1 aromatic carbocycles. The van der Waals surface area contributed by atoms with Crippen molar-refractivity contribution in [3.05, 3.63) is 35.9 Å². The molecule has 23 heavy (non-hydrogen) atoms. The Morgan fingerprint density at radius 3 is 2.78 bits per heavy atom. The molecule has 0 aliphatic carbocycles. The number of piperidine rings is 1. The molecule has 2 saturated heterocycles. The van der Waals surface area contributed by atoms with Crippen LogP contribution < -0.4 is 16.4 Å². The summed E-state index contributed by atoms with van der Waals surface area (Å²) in [5.74, 6) is 0. The van der Waals surface area contributed by atoms with Crippen molar-refractivity contribution in [2.24, 2.45) is 11.1 Å². The Bertz CT molecular complexity index is 453. The molecular formula is C19H31N3O. The number of nitrogens with two attached hydrogens (primary N) is 1. The first-order chi connectivity index (χ1) is 11.3. The van der Waals surface area contributed by atoms with Gasteiger partial charge in [0, 0.05) is 38.4 Å². The summed E-state index contributed by atoms with van der Waals surface area (Å²) >= 11 is 0. The van der Waals surface area contributed by atoms with Gasteiger partial charge in [-0.15, -0.1) is 0 Å². The topological polar surface area (TPSA) is 59.3 Å². The molecule has 3 rings (SSSR count). The quantitative estimate of drug-likeness (QED) is 0.753. The van der Waals surface area contributed by atoms with Gasteiger partial charge in [0.1, 0.15) is 0 Å². The average molecular weight is 317 g/mol. The van der Waals surface area contributed by atoms with E-state index in [1.165, 1.54) is 24.8 Å². The number of hydrogen-bond donors (Lipinski definition) is 3. The van der Waals surface area contributed by atoms with Crippen molar-refractivity contribution < 1.29 is 4.74 Å². The highest BCUT2D eigenvalue weighted by Crippen LogP contribution is 2.37. The molecule has 0 bridgehead atoms. The maximum Gasteiger partial charge on any atom is 0.0471 e. The van der Waals surface area contributed by atoms with E-state index in [9.17, 15) is 0 Å². The van der Waals surface area contributed by atoms with Gasteiger partial charge in [-0.2, -0.15) is 0 Å². The maximum absolute atomic E-state index is 5.75. The van der Waals surface area contributed by atoms with Crippen LogP contribution in [-0.4, -0.2) is 38.9 Å². The van der Waals surface area contributed by atoms with E-state index in [0.29, 0.717) is 17.5 Å². The third-order valence-electron chi connectivity index (χ3n) is 5.46. The molecule has 2 aliphatic heterocycles. The summed E-state index contributed by atoms with van der Waals surface area (Å²) in [5, 5.41) is 7.59. The molecule has 4 heteroatoms. The molecule has 128 valence electrons. The van der Waals surface area contributed by atoms with Gasteiger partial charge in [-0.25, -0.2) is 0 Å². The van der Waals surface area contributed by atoms with Crippen LogP contribution in [0.3, 0.4) is 0 Å². The molecule has 2 heterocycles. The second-order valence-electron chi connectivity index (χ2n) is 7.21. The van der Waals surface area contributed by atoms with Crippen LogP contribution in [0.5, 0.6) is 0 Å². The van der Waals surface area contributed by atoms with Crippen LogP contribution in [0.2, 0.25) is 0 Å². The zero-order valence-corrected chi connectivity index (χ0v) is 14.1. The molecule has 0 amide bonds. The fourth-order valence-corrected chi connectivity index (χ4v) is 4.12. The zero-order valence-electron chi connectivity index (χ0n) is 14.1. The van der Waals surface area contributed by atoms with Gasteiger partial charge in [-0.1, -0.05) is 30.3 Å². The largest absolute Gasteiger partial charge is 0.381 e. The molecule has 1 aromatic rings. The predicted molar refractivity (Wildman–Crippen MR) is 94.4 cm³/mol. The molecule has 1 spiro atoms. The Hall–Kier alpha value is -0.940. The van der Waals surface area contributed by atoms with E-state index < -0.39 is 0 Å². The van der Waals surface area contributed by atoms with Crippen LogP contribution in [0.15, 0.2) is 30.3 Å². The molecule has 4 N–H and O–H groups in total. The molecule has 0 radical (unpaired) electrons. The molecule has 2 aliphatic rings. The average Bonchev–Trinajstić information content (AvgIpc) is 2.60. The fraction of sp³-hybridized carbons (Fsp3) is 0.684. The van der Waals surface area contributed by atoms with Crippen LogP contribution in [0.4, 0.5) is 0 Å². The number of benzene rings is 1. The van der Waals surface area contributed by atoms with Crippen molar-refractivity contribution in [3.8, 4) is 0 Å². The van der Waals surface area contributed by atoms with E-state index in [4.69, 9.17) is 10.5 Å². The van der Waals surface area contributed by atoms with Crippen molar-refractivity contribution >= 4 is 0 Å². The van der Waals surface area contributed by atoms with E-state index in [-0.39, 0.29) is 0 Å². The molecule has 4 nitrogen and oxygen atoms in total. The predicted octanol–water partition coefficient (Wildman–Crippen LogP) is 2.21. The lowest BCUT2D eigenvalue weighted by Gasteiger charge is -2.45. The van der Waals surface area contributed by atoms with Crippen LogP contribution in [0.1, 0.15) is 43.7 Å². The highest BCUT2D eigenvalue weighted by atomic mass is 16.5. The lowest BCUT2D eigenvalue weighted by atomic mass is 9.73. The third-order valence-corrected chi connectivity index (χ3v) is 5.46. The summed E-state index contributed by atoms with van der Waals surface area (Å²) in [6.07, 6.45) is 5.81. The van der Waals surface area contributed by atoms with Gasteiger partial charge < -0.3 is 21.1 Å². The van der Waals surface area contributed by atoms with Gasteiger partial charge >= 0.3 is 0 Å². The van der Waals surface area contributed by atoms with E-state index >= 15 is 0 Å². The van der Waals surface area contributed by atoms with Crippen LogP contribution in [-0.2, 0) is 4.74 Å². The minimum Gasteiger partial charge on any atom is -0.381 e. The maximum atomic E-state index is 5.75. The van der Waals surface area contributed by atoms with Crippen molar-refractivity contribution in [2.75, 3.05) is 32.8 Å². The van der Waals surface area contributed by atoms with E-state index in [1.807, 2.05) is 0 Å². The highest BCUT2D eigenvalue weighted by molar-refractivity contribution is 5.19. The lowest BCUT2D eigenvalue weighted by Crippen LogP contribution is -2.54. The van der Waals surface area contributed by atoms with Gasteiger partial charge in [-0.05, 0) is 49.6 Å². The highest BCUT2D eigenvalue weighted by Gasteiger charge is 2.38. The van der Waals surface area contributed by atoms with Crippen molar-refractivity contribution in [1.29, 1.82) is 0 Å². The molecule has 0 aromatic heterocycles. The van der Waals surface area contributed by atoms with E-state index in [2.05, 4.69) is 41.0 Å². The lowest BCUT2D eigenvalue weighted by molar-refractivity contribution is -0.00487. The Kier molecular flexibility index (Phi) is 6.06. The summed E-state index contributed by atoms with van der Waals surface area (Å²) in [6, 6.07) is 11.7. The van der Waals surface area contributed by atoms with Crippen molar-refractivity contribution in [1.82, 2.24) is 10.6 Å². The van der Waals surface area contributed by atoms with Gasteiger partial charge in [-0.3, -0.25) is 0 Å². The third kappa shape index (κ3) is 4.54. The van der Waals surface area contributed by atoms with Crippen molar-refractivity contribution in [2.45, 2.75) is 44.2 Å². The van der Waals surface area contributed by atoms with Crippen LogP contribution in [0.25, 0.3) is 0 Å². The summed E-state index contributed by atoms with van der Waals surface area (Å²) < 4.78 is 5.57. The van der Waals surface area contributed by atoms with Crippen LogP contribution >= 0.6 is 0 Å². The molecule has 0 saturated carbocycles. The number of hydrogen-bond acceptors (Lipinski definition) is 4. The minimum atomic E-state index is 0.404. The van der Waals surface area contributed by atoms with E-state index in [1.54, 1.807) is 0 Å². The first-order valence-corrected chi connectivity index (χ1v) is 9.11. The number of nitrogens with one attached hydrogen (secondary N) is 2. The summed E-state index contributed by atoms with van der Waals surface area (Å²) in [4.78, 5) is 0. The smallest absolute Gasteiger partial charge is 0.0471 e. The Balaban J connectivity index is 1.64. The standard InChI is InChI=1S/C19H31N3O/c20-10-4-7-18(16-5-2-1-3-6-16)22-17-13-19(15-21-14-17)8-11-23-12-9-19/h1-3,5-6,17-18,21-22H,4,7-15,20H2. The summed E-state index contributed by atoms with van der Waals surface area (Å²) in [6.45, 7) is 4.81. The van der Waals surface area contributed by atoms with E-state index in [0.717, 1.165) is 45.7 Å². The summed E-state index contributed by atoms with van der Waals surface area (Å²) in [5.41, 5.74) is 7.56. The first kappa shape index (κ1) is 16.9. The Labute approximate surface area is 140 Å². The minimum absolute atomic E-state index is 0.404. The zero-order chi connectivity index (χ0) is 16.0. The first-order valence-electron chi connectivity index (χ1n) is 9.11. The normalized spacial score (nSPS) is 25.3. The number of ether oxygens (including phenoxy) is 1. The van der Waals surface area contributed by atoms with Gasteiger partial charge in [0.05, 0.1) is 0 Å². The molecule has 2 atom stereocenters. The molecule has 2 fully saturated rings. The molecule has 2 unspecified atom stereocenters. The molecular weight excluding hydrogens is 286 g/mol. The van der Waals surface area contributed by atoms with Crippen molar-refractivity contribution in [3.63, 3.8) is 0 Å². The number of rotatable bonds is 6. The Morgan fingerprint density at radius 1 is 1.26 bits per heavy atom. The fourth-order valence-electron chi connectivity index (χ4n) is 4.12. The van der Waals surface area contributed by atoms with Gasteiger partial charge in [0.15, 0.2) is 0 Å². The summed E-state index contributed by atoms with van der Waals surface area (Å²) in [7, 11) is 0. The Morgan fingerprint density at radius 2 is 2.04 bits per heavy atom. The van der Waals surface area contributed by atoms with Crippen LogP contribution in [0, 0.1) is 5.41 Å². The second-order valence-corrected chi connectivity index (χ2v) is 7.21. The second kappa shape index (κ2) is 8.25.